The van der Waals surface area contributed by atoms with Crippen LogP contribution in [-0.4, -0.2) is 19.1 Å². The van der Waals surface area contributed by atoms with Crippen molar-refractivity contribution >= 4 is 17.4 Å². The van der Waals surface area contributed by atoms with E-state index in [4.69, 9.17) is 0 Å². The highest BCUT2D eigenvalue weighted by Gasteiger charge is 2.20. The zero-order chi connectivity index (χ0) is 13.7. The predicted octanol–water partition coefficient (Wildman–Crippen LogP) is 3.43. The largest absolute Gasteiger partial charge is 0.382 e. The number of hydrogen-bond acceptors (Lipinski definition) is 2. The minimum absolute atomic E-state index is 0.193. The van der Waals surface area contributed by atoms with E-state index in [1.54, 1.807) is 7.05 Å². The summed E-state index contributed by atoms with van der Waals surface area (Å²) in [4.78, 5) is 11.2. The van der Waals surface area contributed by atoms with Gasteiger partial charge in [0.25, 0.3) is 0 Å². The molecule has 1 saturated carbocycles. The zero-order valence-corrected chi connectivity index (χ0v) is 11.7. The van der Waals surface area contributed by atoms with Gasteiger partial charge in [-0.25, -0.2) is 4.79 Å². The molecule has 0 bridgehead atoms. The van der Waals surface area contributed by atoms with Crippen molar-refractivity contribution in [3.63, 3.8) is 0 Å². The Kier molecular flexibility index (Phi) is 4.66. The van der Waals surface area contributed by atoms with Crippen LogP contribution in [0.2, 0.25) is 0 Å². The van der Waals surface area contributed by atoms with Crippen molar-refractivity contribution in [2.75, 3.05) is 17.7 Å². The summed E-state index contributed by atoms with van der Waals surface area (Å²) in [5.74, 6) is 0.734. The SMILES string of the molecule is CNC(=O)Nc1ccc(NC2CCCCC2C)cc1. The molecule has 4 nitrogen and oxygen atoms in total. The Hall–Kier alpha value is -1.71. The Morgan fingerprint density at radius 1 is 1.11 bits per heavy atom. The molecule has 1 aliphatic rings. The first-order valence-corrected chi connectivity index (χ1v) is 7.04. The van der Waals surface area contributed by atoms with Gasteiger partial charge in [0.2, 0.25) is 0 Å². The molecule has 1 aromatic carbocycles. The third-order valence-electron chi connectivity index (χ3n) is 3.83. The normalized spacial score (nSPS) is 22.6. The Morgan fingerprint density at radius 2 is 1.74 bits per heavy atom. The van der Waals surface area contributed by atoms with Crippen molar-refractivity contribution < 1.29 is 4.79 Å². The van der Waals surface area contributed by atoms with Crippen molar-refractivity contribution in [2.45, 2.75) is 38.6 Å². The van der Waals surface area contributed by atoms with E-state index in [-0.39, 0.29) is 6.03 Å². The maximum atomic E-state index is 11.2. The molecule has 19 heavy (non-hydrogen) atoms. The molecule has 1 aliphatic carbocycles. The van der Waals surface area contributed by atoms with E-state index in [9.17, 15) is 4.79 Å². The average Bonchev–Trinajstić information content (AvgIpc) is 2.43. The van der Waals surface area contributed by atoms with Crippen LogP contribution >= 0.6 is 0 Å². The highest BCUT2D eigenvalue weighted by Crippen LogP contribution is 2.27. The van der Waals surface area contributed by atoms with Gasteiger partial charge in [0.1, 0.15) is 0 Å². The van der Waals surface area contributed by atoms with Crippen molar-refractivity contribution in [3.05, 3.63) is 24.3 Å². The number of carbonyl (C=O) groups is 1. The first-order valence-electron chi connectivity index (χ1n) is 7.04. The van der Waals surface area contributed by atoms with Crippen LogP contribution in [0.15, 0.2) is 24.3 Å². The van der Waals surface area contributed by atoms with Crippen molar-refractivity contribution in [2.24, 2.45) is 5.92 Å². The molecule has 0 heterocycles. The summed E-state index contributed by atoms with van der Waals surface area (Å²) in [6.07, 6.45) is 5.24. The van der Waals surface area contributed by atoms with Crippen LogP contribution < -0.4 is 16.0 Å². The second-order valence-corrected chi connectivity index (χ2v) is 5.29. The zero-order valence-electron chi connectivity index (χ0n) is 11.7. The highest BCUT2D eigenvalue weighted by atomic mass is 16.2. The molecule has 0 radical (unpaired) electrons. The van der Waals surface area contributed by atoms with Gasteiger partial charge in [0, 0.05) is 24.5 Å². The topological polar surface area (TPSA) is 53.2 Å². The lowest BCUT2D eigenvalue weighted by Crippen LogP contribution is -2.30. The summed E-state index contributed by atoms with van der Waals surface area (Å²) in [6, 6.07) is 8.27. The third-order valence-corrected chi connectivity index (χ3v) is 3.83. The predicted molar refractivity (Wildman–Crippen MR) is 79.6 cm³/mol. The van der Waals surface area contributed by atoms with Crippen LogP contribution in [0.3, 0.4) is 0 Å². The van der Waals surface area contributed by atoms with Crippen LogP contribution in [0.4, 0.5) is 16.2 Å². The maximum absolute atomic E-state index is 11.2. The van der Waals surface area contributed by atoms with E-state index in [2.05, 4.69) is 22.9 Å². The molecule has 2 atom stereocenters. The fraction of sp³-hybridized carbons (Fsp3) is 0.533. The molecule has 1 fully saturated rings. The first kappa shape index (κ1) is 13.7. The van der Waals surface area contributed by atoms with Gasteiger partial charge in [-0.15, -0.1) is 0 Å². The van der Waals surface area contributed by atoms with Crippen LogP contribution in [0.25, 0.3) is 0 Å². The number of anilines is 2. The number of hydrogen-bond donors (Lipinski definition) is 3. The highest BCUT2D eigenvalue weighted by molar-refractivity contribution is 5.89. The average molecular weight is 261 g/mol. The second-order valence-electron chi connectivity index (χ2n) is 5.29. The van der Waals surface area contributed by atoms with E-state index >= 15 is 0 Å². The van der Waals surface area contributed by atoms with E-state index < -0.39 is 0 Å². The van der Waals surface area contributed by atoms with E-state index in [1.807, 2.05) is 24.3 Å². The van der Waals surface area contributed by atoms with E-state index in [0.717, 1.165) is 17.3 Å². The van der Waals surface area contributed by atoms with Crippen molar-refractivity contribution in [1.82, 2.24) is 5.32 Å². The van der Waals surface area contributed by atoms with E-state index in [0.29, 0.717) is 6.04 Å². The molecule has 0 spiro atoms. The third kappa shape index (κ3) is 3.88. The van der Waals surface area contributed by atoms with Gasteiger partial charge in [-0.05, 0) is 43.0 Å². The van der Waals surface area contributed by atoms with Gasteiger partial charge < -0.3 is 16.0 Å². The molecule has 2 unspecified atom stereocenters. The molecular formula is C15H23N3O. The lowest BCUT2D eigenvalue weighted by Gasteiger charge is -2.30. The van der Waals surface area contributed by atoms with Gasteiger partial charge in [0.15, 0.2) is 0 Å². The van der Waals surface area contributed by atoms with Crippen LogP contribution in [0.5, 0.6) is 0 Å². The number of benzene rings is 1. The number of carbonyl (C=O) groups excluding carboxylic acids is 1. The second kappa shape index (κ2) is 6.45. The summed E-state index contributed by atoms with van der Waals surface area (Å²) in [6.45, 7) is 2.32. The summed E-state index contributed by atoms with van der Waals surface area (Å²) >= 11 is 0. The molecule has 2 rings (SSSR count). The summed E-state index contributed by atoms with van der Waals surface area (Å²) in [5, 5.41) is 8.88. The Bertz CT molecular complexity index is 416. The number of rotatable bonds is 3. The minimum Gasteiger partial charge on any atom is -0.382 e. The van der Waals surface area contributed by atoms with Crippen LogP contribution in [0.1, 0.15) is 32.6 Å². The van der Waals surface area contributed by atoms with E-state index in [1.165, 1.54) is 25.7 Å². The van der Waals surface area contributed by atoms with Crippen LogP contribution in [-0.2, 0) is 0 Å². The van der Waals surface area contributed by atoms with Gasteiger partial charge in [0.05, 0.1) is 0 Å². The lowest BCUT2D eigenvalue weighted by molar-refractivity contribution is 0.254. The fourth-order valence-corrected chi connectivity index (χ4v) is 2.59. The lowest BCUT2D eigenvalue weighted by atomic mass is 9.86. The smallest absolute Gasteiger partial charge is 0.318 e. The molecule has 0 saturated heterocycles. The molecule has 1 aromatic rings. The monoisotopic (exact) mass is 261 g/mol. The standard InChI is InChI=1S/C15H23N3O/c1-11-5-3-4-6-14(11)17-12-7-9-13(10-8-12)18-15(19)16-2/h7-11,14,17H,3-6H2,1-2H3,(H2,16,18,19). The van der Waals surface area contributed by atoms with Crippen molar-refractivity contribution in [1.29, 1.82) is 0 Å². The Morgan fingerprint density at radius 3 is 2.37 bits per heavy atom. The molecule has 0 aliphatic heterocycles. The fourth-order valence-electron chi connectivity index (χ4n) is 2.59. The molecule has 3 N–H and O–H groups in total. The number of urea groups is 1. The van der Waals surface area contributed by atoms with Gasteiger partial charge in [-0.3, -0.25) is 0 Å². The summed E-state index contributed by atoms with van der Waals surface area (Å²) < 4.78 is 0. The van der Waals surface area contributed by atoms with Gasteiger partial charge >= 0.3 is 6.03 Å². The maximum Gasteiger partial charge on any atom is 0.318 e. The van der Waals surface area contributed by atoms with Gasteiger partial charge in [-0.1, -0.05) is 19.8 Å². The molecule has 4 heteroatoms. The molecular weight excluding hydrogens is 238 g/mol. The van der Waals surface area contributed by atoms with Gasteiger partial charge in [-0.2, -0.15) is 0 Å². The quantitative estimate of drug-likeness (QED) is 0.780. The molecule has 2 amide bonds. The minimum atomic E-state index is -0.193. The summed E-state index contributed by atoms with van der Waals surface area (Å²) in [5.41, 5.74) is 1.93. The molecule has 104 valence electrons. The Balaban J connectivity index is 1.92. The van der Waals surface area contributed by atoms with Crippen LogP contribution in [0, 0.1) is 5.92 Å². The Labute approximate surface area is 115 Å². The number of nitrogens with one attached hydrogen (secondary N) is 3. The summed E-state index contributed by atoms with van der Waals surface area (Å²) in [7, 11) is 1.61. The first-order chi connectivity index (χ1) is 9.19. The molecule has 0 aromatic heterocycles. The number of amides is 2. The van der Waals surface area contributed by atoms with Crippen molar-refractivity contribution in [3.8, 4) is 0 Å².